The first kappa shape index (κ1) is 17.8. The zero-order valence-electron chi connectivity index (χ0n) is 14.4. The Morgan fingerprint density at radius 3 is 2.19 bits per heavy atom. The Kier molecular flexibility index (Phi) is 5.14. The van der Waals surface area contributed by atoms with Crippen molar-refractivity contribution in [3.05, 3.63) is 58.2 Å². The van der Waals surface area contributed by atoms with Gasteiger partial charge in [-0.05, 0) is 36.4 Å². The van der Waals surface area contributed by atoms with Gasteiger partial charge in [-0.25, -0.2) is 9.79 Å². The summed E-state index contributed by atoms with van der Waals surface area (Å²) >= 11 is 5.87. The van der Waals surface area contributed by atoms with Gasteiger partial charge in [-0.3, -0.25) is 0 Å². The first-order chi connectivity index (χ1) is 12.5. The number of aliphatic imine (C=N–C) groups is 1. The van der Waals surface area contributed by atoms with Crippen molar-refractivity contribution in [2.45, 2.75) is 0 Å². The molecule has 1 heterocycles. The van der Waals surface area contributed by atoms with Crippen molar-refractivity contribution in [2.24, 2.45) is 4.99 Å². The zero-order valence-corrected chi connectivity index (χ0v) is 15.2. The predicted molar refractivity (Wildman–Crippen MR) is 98.2 cm³/mol. The van der Waals surface area contributed by atoms with E-state index in [4.69, 9.17) is 30.5 Å². The van der Waals surface area contributed by atoms with E-state index in [1.54, 1.807) is 42.5 Å². The van der Waals surface area contributed by atoms with Gasteiger partial charge in [0.25, 0.3) is 0 Å². The maximum Gasteiger partial charge on any atom is 0.363 e. The zero-order chi connectivity index (χ0) is 18.7. The van der Waals surface area contributed by atoms with Crippen molar-refractivity contribution in [1.29, 1.82) is 0 Å². The van der Waals surface area contributed by atoms with E-state index in [0.29, 0.717) is 33.4 Å². The van der Waals surface area contributed by atoms with Crippen molar-refractivity contribution in [1.82, 2.24) is 0 Å². The second-order valence-electron chi connectivity index (χ2n) is 5.29. The molecule has 0 radical (unpaired) electrons. The molecule has 134 valence electrons. The molecule has 0 saturated heterocycles. The molecule has 0 fully saturated rings. The van der Waals surface area contributed by atoms with Crippen molar-refractivity contribution in [2.75, 3.05) is 21.3 Å². The molecule has 1 aliphatic rings. The van der Waals surface area contributed by atoms with Gasteiger partial charge >= 0.3 is 5.97 Å². The van der Waals surface area contributed by atoms with E-state index in [-0.39, 0.29) is 11.6 Å². The maximum absolute atomic E-state index is 12.2. The molecule has 0 spiro atoms. The lowest BCUT2D eigenvalue weighted by molar-refractivity contribution is -0.129. The first-order valence-electron chi connectivity index (χ1n) is 7.64. The molecule has 0 N–H and O–H groups in total. The summed E-state index contributed by atoms with van der Waals surface area (Å²) in [5, 5.41) is 0.588. The normalized spacial score (nSPS) is 14.8. The number of halogens is 1. The van der Waals surface area contributed by atoms with Crippen molar-refractivity contribution < 1.29 is 23.7 Å². The topological polar surface area (TPSA) is 66.3 Å². The molecule has 2 aromatic carbocycles. The number of benzene rings is 2. The molecule has 0 saturated carbocycles. The lowest BCUT2D eigenvalue weighted by atomic mass is 10.1. The summed E-state index contributed by atoms with van der Waals surface area (Å²) in [6, 6.07) is 10.2. The molecule has 0 bridgehead atoms. The molecule has 0 amide bonds. The summed E-state index contributed by atoms with van der Waals surface area (Å²) < 4.78 is 21.2. The Labute approximate surface area is 155 Å². The largest absolute Gasteiger partial charge is 0.496 e. The molecule has 6 nitrogen and oxygen atoms in total. The van der Waals surface area contributed by atoms with Crippen LogP contribution in [-0.2, 0) is 9.53 Å². The Hall–Kier alpha value is -2.99. The summed E-state index contributed by atoms with van der Waals surface area (Å²) in [5.74, 6) is 1.21. The van der Waals surface area contributed by atoms with Gasteiger partial charge in [0.05, 0.1) is 21.3 Å². The molecular weight excluding hydrogens is 358 g/mol. The van der Waals surface area contributed by atoms with Crippen LogP contribution in [-0.4, -0.2) is 33.2 Å². The molecule has 3 rings (SSSR count). The fourth-order valence-electron chi connectivity index (χ4n) is 2.44. The molecule has 0 aromatic heterocycles. The van der Waals surface area contributed by atoms with Crippen LogP contribution >= 0.6 is 11.6 Å². The SMILES string of the molecule is COc1cc(OC)c(OC)cc1/C=C1/N=C(c2ccc(Cl)cc2)OC1=O. The third-order valence-corrected chi connectivity index (χ3v) is 3.99. The Morgan fingerprint density at radius 2 is 1.58 bits per heavy atom. The van der Waals surface area contributed by atoms with Crippen LogP contribution in [0.2, 0.25) is 5.02 Å². The minimum absolute atomic E-state index is 0.153. The number of ether oxygens (including phenoxy) is 4. The Bertz CT molecular complexity index is 903. The number of methoxy groups -OCH3 is 3. The summed E-state index contributed by atoms with van der Waals surface area (Å²) in [6.07, 6.45) is 1.58. The highest BCUT2D eigenvalue weighted by Crippen LogP contribution is 2.36. The Balaban J connectivity index is 2.01. The highest BCUT2D eigenvalue weighted by molar-refractivity contribution is 6.30. The smallest absolute Gasteiger partial charge is 0.363 e. The second kappa shape index (κ2) is 7.49. The number of esters is 1. The van der Waals surface area contributed by atoms with Crippen LogP contribution in [0.4, 0.5) is 0 Å². The molecule has 0 aliphatic carbocycles. The fourth-order valence-corrected chi connectivity index (χ4v) is 2.56. The van der Waals surface area contributed by atoms with Gasteiger partial charge in [0, 0.05) is 22.2 Å². The van der Waals surface area contributed by atoms with Crippen LogP contribution in [0.3, 0.4) is 0 Å². The van der Waals surface area contributed by atoms with Gasteiger partial charge in [0.2, 0.25) is 5.90 Å². The monoisotopic (exact) mass is 373 g/mol. The van der Waals surface area contributed by atoms with Crippen LogP contribution in [0.15, 0.2) is 47.1 Å². The molecule has 7 heteroatoms. The number of hydrogen-bond donors (Lipinski definition) is 0. The minimum Gasteiger partial charge on any atom is -0.496 e. The number of rotatable bonds is 5. The standard InChI is InChI=1S/C19H16ClNO5/c1-23-15-10-17(25-3)16(24-2)9-12(15)8-14-19(22)26-18(21-14)11-4-6-13(20)7-5-11/h4-10H,1-3H3/b14-8+. The summed E-state index contributed by atoms with van der Waals surface area (Å²) in [5.41, 5.74) is 1.42. The molecule has 1 aliphatic heterocycles. The van der Waals surface area contributed by atoms with E-state index >= 15 is 0 Å². The van der Waals surface area contributed by atoms with Crippen LogP contribution in [0.5, 0.6) is 17.2 Å². The van der Waals surface area contributed by atoms with E-state index < -0.39 is 5.97 Å². The molecular formula is C19H16ClNO5. The number of carbonyl (C=O) groups is 1. The third kappa shape index (κ3) is 3.50. The third-order valence-electron chi connectivity index (χ3n) is 3.74. The average Bonchev–Trinajstić information content (AvgIpc) is 3.02. The summed E-state index contributed by atoms with van der Waals surface area (Å²) in [4.78, 5) is 16.5. The van der Waals surface area contributed by atoms with Gasteiger partial charge < -0.3 is 18.9 Å². The van der Waals surface area contributed by atoms with Gasteiger partial charge in [0.1, 0.15) is 5.75 Å². The molecule has 2 aromatic rings. The summed E-state index contributed by atoms with van der Waals surface area (Å²) in [7, 11) is 4.59. The number of nitrogens with zero attached hydrogens (tertiary/aromatic N) is 1. The molecule has 0 atom stereocenters. The quantitative estimate of drug-likeness (QED) is 0.590. The van der Waals surface area contributed by atoms with Gasteiger partial charge in [-0.15, -0.1) is 0 Å². The lowest BCUT2D eigenvalue weighted by Crippen LogP contribution is -2.05. The summed E-state index contributed by atoms with van der Waals surface area (Å²) in [6.45, 7) is 0. The fraction of sp³-hybridized carbons (Fsp3) is 0.158. The average molecular weight is 374 g/mol. The highest BCUT2D eigenvalue weighted by atomic mass is 35.5. The van der Waals surface area contributed by atoms with E-state index in [9.17, 15) is 4.79 Å². The van der Waals surface area contributed by atoms with E-state index in [1.807, 2.05) is 0 Å². The molecule has 26 heavy (non-hydrogen) atoms. The van der Waals surface area contributed by atoms with Gasteiger partial charge in [-0.2, -0.15) is 0 Å². The number of hydrogen-bond acceptors (Lipinski definition) is 6. The first-order valence-corrected chi connectivity index (χ1v) is 8.02. The van der Waals surface area contributed by atoms with E-state index in [0.717, 1.165) is 0 Å². The number of carbonyl (C=O) groups excluding carboxylic acids is 1. The van der Waals surface area contributed by atoms with Gasteiger partial charge in [0.15, 0.2) is 17.2 Å². The Morgan fingerprint density at radius 1 is 0.962 bits per heavy atom. The molecule has 0 unspecified atom stereocenters. The van der Waals surface area contributed by atoms with Crippen molar-refractivity contribution in [3.63, 3.8) is 0 Å². The van der Waals surface area contributed by atoms with Gasteiger partial charge in [-0.1, -0.05) is 11.6 Å². The van der Waals surface area contributed by atoms with E-state index in [2.05, 4.69) is 4.99 Å². The van der Waals surface area contributed by atoms with Crippen LogP contribution in [0.1, 0.15) is 11.1 Å². The van der Waals surface area contributed by atoms with Crippen molar-refractivity contribution in [3.8, 4) is 17.2 Å². The van der Waals surface area contributed by atoms with Crippen LogP contribution in [0.25, 0.3) is 6.08 Å². The predicted octanol–water partition coefficient (Wildman–Crippen LogP) is 3.71. The second-order valence-corrected chi connectivity index (χ2v) is 5.73. The lowest BCUT2D eigenvalue weighted by Gasteiger charge is -2.12. The van der Waals surface area contributed by atoms with Crippen LogP contribution in [0, 0.1) is 0 Å². The van der Waals surface area contributed by atoms with E-state index in [1.165, 1.54) is 21.3 Å². The minimum atomic E-state index is -0.549. The maximum atomic E-state index is 12.2. The van der Waals surface area contributed by atoms with Crippen molar-refractivity contribution >= 4 is 29.5 Å². The number of cyclic esters (lactones) is 1. The highest BCUT2D eigenvalue weighted by Gasteiger charge is 2.25. The van der Waals surface area contributed by atoms with Crippen LogP contribution < -0.4 is 14.2 Å².